The molecule has 1 aliphatic carbocycles. The van der Waals surface area contributed by atoms with Gasteiger partial charge < -0.3 is 5.32 Å². The van der Waals surface area contributed by atoms with E-state index in [0.717, 1.165) is 31.4 Å². The minimum atomic E-state index is 0.161. The highest BCUT2D eigenvalue weighted by atomic mass is 16.1. The van der Waals surface area contributed by atoms with Crippen LogP contribution >= 0.6 is 0 Å². The van der Waals surface area contributed by atoms with Crippen molar-refractivity contribution in [2.75, 3.05) is 6.54 Å². The van der Waals surface area contributed by atoms with Crippen LogP contribution in [0.3, 0.4) is 0 Å². The van der Waals surface area contributed by atoms with E-state index >= 15 is 0 Å². The fraction of sp³-hybridized carbons (Fsp3) is 0.615. The maximum absolute atomic E-state index is 11.6. The lowest BCUT2D eigenvalue weighted by molar-refractivity contribution is -0.119. The molecule has 15 heavy (non-hydrogen) atoms. The first-order chi connectivity index (χ1) is 7.31. The van der Waals surface area contributed by atoms with Crippen LogP contribution in [0.25, 0.3) is 0 Å². The second-order valence-electron chi connectivity index (χ2n) is 4.46. The maximum Gasteiger partial charge on any atom is 0.247 e. The summed E-state index contributed by atoms with van der Waals surface area (Å²) >= 11 is 0. The SMILES string of the molecule is CCCCC1=CCC2CCNC(=O)C2=C1. The van der Waals surface area contributed by atoms with Crippen molar-refractivity contribution in [1.29, 1.82) is 0 Å². The second kappa shape index (κ2) is 4.65. The van der Waals surface area contributed by atoms with Crippen molar-refractivity contribution in [3.05, 3.63) is 23.3 Å². The average molecular weight is 205 g/mol. The molecule has 2 rings (SSSR count). The molecule has 2 aliphatic rings. The lowest BCUT2D eigenvalue weighted by atomic mass is 9.82. The van der Waals surface area contributed by atoms with Crippen LogP contribution in [-0.4, -0.2) is 12.5 Å². The number of hydrogen-bond donors (Lipinski definition) is 1. The highest BCUT2D eigenvalue weighted by Gasteiger charge is 2.26. The van der Waals surface area contributed by atoms with Crippen LogP contribution in [0, 0.1) is 5.92 Å². The Morgan fingerprint density at radius 2 is 2.40 bits per heavy atom. The van der Waals surface area contributed by atoms with Crippen molar-refractivity contribution in [1.82, 2.24) is 5.32 Å². The number of carbonyl (C=O) groups excluding carboxylic acids is 1. The predicted molar refractivity (Wildman–Crippen MR) is 61.4 cm³/mol. The van der Waals surface area contributed by atoms with Crippen molar-refractivity contribution in [2.45, 2.75) is 39.0 Å². The first-order valence-corrected chi connectivity index (χ1v) is 6.00. The van der Waals surface area contributed by atoms with Crippen LogP contribution < -0.4 is 5.32 Å². The van der Waals surface area contributed by atoms with Gasteiger partial charge in [-0.05, 0) is 31.6 Å². The molecule has 1 atom stereocenters. The summed E-state index contributed by atoms with van der Waals surface area (Å²) in [5, 5.41) is 2.92. The monoisotopic (exact) mass is 205 g/mol. The van der Waals surface area contributed by atoms with Gasteiger partial charge >= 0.3 is 0 Å². The molecule has 0 saturated carbocycles. The molecule has 0 spiro atoms. The molecule has 0 bridgehead atoms. The number of allylic oxidation sites excluding steroid dienone is 3. The Balaban J connectivity index is 2.07. The van der Waals surface area contributed by atoms with Gasteiger partial charge in [-0.25, -0.2) is 0 Å². The highest BCUT2D eigenvalue weighted by molar-refractivity contribution is 5.95. The Bertz CT molecular complexity index is 314. The van der Waals surface area contributed by atoms with Crippen molar-refractivity contribution in [3.63, 3.8) is 0 Å². The van der Waals surface area contributed by atoms with Gasteiger partial charge in [0, 0.05) is 12.1 Å². The number of amides is 1. The molecule has 1 amide bonds. The molecule has 1 N–H and O–H groups in total. The molecular formula is C13H19NO. The lowest BCUT2D eigenvalue weighted by Crippen LogP contribution is -2.36. The Morgan fingerprint density at radius 1 is 1.53 bits per heavy atom. The first-order valence-electron chi connectivity index (χ1n) is 6.00. The van der Waals surface area contributed by atoms with E-state index in [1.165, 1.54) is 18.4 Å². The van der Waals surface area contributed by atoms with E-state index in [-0.39, 0.29) is 5.91 Å². The number of piperidine rings is 1. The molecule has 1 aliphatic heterocycles. The van der Waals surface area contributed by atoms with Gasteiger partial charge in [0.25, 0.3) is 0 Å². The molecule has 0 aromatic carbocycles. The molecule has 1 unspecified atom stereocenters. The molecule has 1 heterocycles. The van der Waals surface area contributed by atoms with Gasteiger partial charge in [-0.1, -0.05) is 31.1 Å². The van der Waals surface area contributed by atoms with Crippen molar-refractivity contribution in [3.8, 4) is 0 Å². The van der Waals surface area contributed by atoms with E-state index < -0.39 is 0 Å². The summed E-state index contributed by atoms with van der Waals surface area (Å²) in [6.45, 7) is 3.05. The van der Waals surface area contributed by atoms with E-state index in [4.69, 9.17) is 0 Å². The van der Waals surface area contributed by atoms with Crippen LogP contribution in [0.2, 0.25) is 0 Å². The molecule has 0 radical (unpaired) electrons. The molecule has 2 heteroatoms. The zero-order valence-electron chi connectivity index (χ0n) is 9.38. The van der Waals surface area contributed by atoms with Crippen LogP contribution in [0.4, 0.5) is 0 Å². The van der Waals surface area contributed by atoms with E-state index in [1.54, 1.807) is 0 Å². The van der Waals surface area contributed by atoms with Crippen molar-refractivity contribution >= 4 is 5.91 Å². The van der Waals surface area contributed by atoms with E-state index in [0.29, 0.717) is 5.92 Å². The zero-order chi connectivity index (χ0) is 10.7. The van der Waals surface area contributed by atoms with Crippen LogP contribution in [-0.2, 0) is 4.79 Å². The third-order valence-corrected chi connectivity index (χ3v) is 3.30. The fourth-order valence-electron chi connectivity index (χ4n) is 2.34. The van der Waals surface area contributed by atoms with Crippen molar-refractivity contribution < 1.29 is 4.79 Å². The maximum atomic E-state index is 11.6. The Morgan fingerprint density at radius 3 is 3.20 bits per heavy atom. The third-order valence-electron chi connectivity index (χ3n) is 3.30. The summed E-state index contributed by atoms with van der Waals surface area (Å²) in [6.07, 6.45) is 10.2. The summed E-state index contributed by atoms with van der Waals surface area (Å²) in [4.78, 5) is 11.6. The number of carbonyl (C=O) groups is 1. The van der Waals surface area contributed by atoms with E-state index in [9.17, 15) is 4.79 Å². The van der Waals surface area contributed by atoms with Gasteiger partial charge in [0.15, 0.2) is 0 Å². The summed E-state index contributed by atoms with van der Waals surface area (Å²) in [7, 11) is 0. The lowest BCUT2D eigenvalue weighted by Gasteiger charge is -2.27. The molecule has 1 saturated heterocycles. The van der Waals surface area contributed by atoms with Crippen LogP contribution in [0.1, 0.15) is 39.0 Å². The van der Waals surface area contributed by atoms with Gasteiger partial charge in [-0.3, -0.25) is 4.79 Å². The number of rotatable bonds is 3. The Labute approximate surface area is 91.4 Å². The Hall–Kier alpha value is -1.05. The van der Waals surface area contributed by atoms with Gasteiger partial charge in [-0.15, -0.1) is 0 Å². The first kappa shape index (κ1) is 10.5. The molecule has 0 aromatic heterocycles. The van der Waals surface area contributed by atoms with Gasteiger partial charge in [-0.2, -0.15) is 0 Å². The number of nitrogens with one attached hydrogen (secondary N) is 1. The summed E-state index contributed by atoms with van der Waals surface area (Å²) in [6, 6.07) is 0. The quantitative estimate of drug-likeness (QED) is 0.753. The van der Waals surface area contributed by atoms with Gasteiger partial charge in [0.2, 0.25) is 5.91 Å². The largest absolute Gasteiger partial charge is 0.352 e. The topological polar surface area (TPSA) is 29.1 Å². The summed E-state index contributed by atoms with van der Waals surface area (Å²) in [5.74, 6) is 0.650. The molecule has 0 aromatic rings. The molecule has 82 valence electrons. The van der Waals surface area contributed by atoms with Gasteiger partial charge in [0.1, 0.15) is 0 Å². The van der Waals surface area contributed by atoms with E-state index in [2.05, 4.69) is 24.4 Å². The van der Waals surface area contributed by atoms with E-state index in [1.807, 2.05) is 0 Å². The smallest absolute Gasteiger partial charge is 0.247 e. The summed E-state index contributed by atoms with van der Waals surface area (Å²) < 4.78 is 0. The minimum absolute atomic E-state index is 0.161. The Kier molecular flexibility index (Phi) is 3.24. The minimum Gasteiger partial charge on any atom is -0.352 e. The number of hydrogen-bond acceptors (Lipinski definition) is 1. The normalized spacial score (nSPS) is 25.1. The standard InChI is InChI=1S/C13H19NO/c1-2-3-4-10-5-6-11-7-8-14-13(15)12(11)9-10/h5,9,11H,2-4,6-8H2,1H3,(H,14,15). The molecular weight excluding hydrogens is 186 g/mol. The van der Waals surface area contributed by atoms with Crippen molar-refractivity contribution in [2.24, 2.45) is 5.92 Å². The average Bonchev–Trinajstić information content (AvgIpc) is 2.27. The van der Waals surface area contributed by atoms with Gasteiger partial charge in [0.05, 0.1) is 0 Å². The zero-order valence-corrected chi connectivity index (χ0v) is 9.38. The predicted octanol–water partition coefficient (Wildman–Crippen LogP) is 2.57. The number of unbranched alkanes of at least 4 members (excludes halogenated alkanes) is 1. The fourth-order valence-corrected chi connectivity index (χ4v) is 2.34. The summed E-state index contributed by atoms with van der Waals surface area (Å²) in [5.41, 5.74) is 2.38. The third kappa shape index (κ3) is 2.31. The second-order valence-corrected chi connectivity index (χ2v) is 4.46. The number of fused-ring (bicyclic) bond motifs is 1. The highest BCUT2D eigenvalue weighted by Crippen LogP contribution is 2.30. The van der Waals surface area contributed by atoms with Crippen LogP contribution in [0.15, 0.2) is 23.3 Å². The van der Waals surface area contributed by atoms with Crippen LogP contribution in [0.5, 0.6) is 0 Å². The molecule has 2 nitrogen and oxygen atoms in total. The molecule has 1 fully saturated rings.